The molecule has 29 heavy (non-hydrogen) atoms. The number of nitrogens with one attached hydrogen (secondary N) is 1. The van der Waals surface area contributed by atoms with E-state index in [4.69, 9.17) is 21.9 Å². The molecule has 3 heterocycles. The molecule has 0 aromatic carbocycles. The Bertz CT molecular complexity index is 963. The minimum Gasteiger partial charge on any atom is -0.496 e. The van der Waals surface area contributed by atoms with Gasteiger partial charge in [-0.2, -0.15) is 5.10 Å². The molecule has 0 fully saturated rings. The molecule has 156 valence electrons. The van der Waals surface area contributed by atoms with Crippen LogP contribution in [0.1, 0.15) is 19.5 Å². The number of amidine groups is 1. The predicted octanol–water partition coefficient (Wildman–Crippen LogP) is 0.869. The highest BCUT2D eigenvalue weighted by Gasteiger charge is 2.33. The van der Waals surface area contributed by atoms with Gasteiger partial charge in [0.15, 0.2) is 11.5 Å². The van der Waals surface area contributed by atoms with Gasteiger partial charge in [0.05, 0.1) is 25.5 Å². The number of nitrogens with zero attached hydrogens (tertiary/aromatic N) is 4. The van der Waals surface area contributed by atoms with E-state index < -0.39 is 23.5 Å². The van der Waals surface area contributed by atoms with Crippen LogP contribution in [-0.2, 0) is 12.2 Å². The molecule has 0 radical (unpaired) electrons. The van der Waals surface area contributed by atoms with Crippen molar-refractivity contribution >= 4 is 5.84 Å². The lowest BCUT2D eigenvalue weighted by Gasteiger charge is -2.28. The largest absolute Gasteiger partial charge is 0.496 e. The summed E-state index contributed by atoms with van der Waals surface area (Å²) in [6.45, 7) is 4.33. The van der Waals surface area contributed by atoms with Crippen molar-refractivity contribution in [2.75, 3.05) is 7.11 Å². The van der Waals surface area contributed by atoms with Gasteiger partial charge in [0.2, 0.25) is 0 Å². The van der Waals surface area contributed by atoms with E-state index in [1.54, 1.807) is 16.9 Å². The summed E-state index contributed by atoms with van der Waals surface area (Å²) >= 11 is 0. The van der Waals surface area contributed by atoms with Crippen molar-refractivity contribution in [2.24, 2.45) is 22.2 Å². The van der Waals surface area contributed by atoms with Gasteiger partial charge in [0.25, 0.3) is 6.43 Å². The Kier molecular flexibility index (Phi) is 5.28. The van der Waals surface area contributed by atoms with E-state index in [0.29, 0.717) is 17.9 Å². The van der Waals surface area contributed by atoms with Gasteiger partial charge in [-0.25, -0.2) is 13.8 Å². The molecule has 0 spiro atoms. The summed E-state index contributed by atoms with van der Waals surface area (Å²) < 4.78 is 33.4. The summed E-state index contributed by atoms with van der Waals surface area (Å²) in [7, 11) is 1.49. The van der Waals surface area contributed by atoms with Gasteiger partial charge >= 0.3 is 0 Å². The maximum absolute atomic E-state index is 13.1. The zero-order valence-corrected chi connectivity index (χ0v) is 16.4. The summed E-state index contributed by atoms with van der Waals surface area (Å²) in [5.74, 6) is -0.220. The molecule has 0 aliphatic carbocycles. The van der Waals surface area contributed by atoms with Crippen LogP contribution in [0.5, 0.6) is 5.75 Å². The van der Waals surface area contributed by atoms with Crippen LogP contribution in [0.3, 0.4) is 0 Å². The van der Waals surface area contributed by atoms with Gasteiger partial charge < -0.3 is 21.5 Å². The second kappa shape index (κ2) is 7.41. The monoisotopic (exact) mass is 406 g/mol. The van der Waals surface area contributed by atoms with Crippen molar-refractivity contribution in [3.8, 4) is 16.9 Å². The number of hydrogen-bond acceptors (Lipinski definition) is 8. The van der Waals surface area contributed by atoms with Gasteiger partial charge in [-0.05, 0) is 13.8 Å². The van der Waals surface area contributed by atoms with Crippen LogP contribution in [0, 0.1) is 0 Å². The zero-order valence-electron chi connectivity index (χ0n) is 16.4. The lowest BCUT2D eigenvalue weighted by molar-refractivity contribution is 0.218. The zero-order chi connectivity index (χ0) is 21.4. The van der Waals surface area contributed by atoms with Crippen molar-refractivity contribution in [1.29, 1.82) is 0 Å². The minimum absolute atomic E-state index is 0.0340. The van der Waals surface area contributed by atoms with Crippen LogP contribution in [0.2, 0.25) is 0 Å². The number of rotatable bonds is 6. The predicted molar refractivity (Wildman–Crippen MR) is 105 cm³/mol. The summed E-state index contributed by atoms with van der Waals surface area (Å²) in [5.41, 5.74) is 17.5. The van der Waals surface area contributed by atoms with E-state index in [2.05, 4.69) is 20.4 Å². The van der Waals surface area contributed by atoms with Crippen LogP contribution >= 0.6 is 0 Å². The number of nitrogens with two attached hydrogens (primary N) is 3. The van der Waals surface area contributed by atoms with Crippen molar-refractivity contribution in [2.45, 2.75) is 38.0 Å². The minimum atomic E-state index is -2.86. The van der Waals surface area contributed by atoms with E-state index in [1.807, 2.05) is 20.0 Å². The molecule has 0 saturated carbocycles. The Balaban J connectivity index is 1.99. The van der Waals surface area contributed by atoms with Crippen molar-refractivity contribution in [3.63, 3.8) is 0 Å². The number of hydrogen-bond donors (Lipinski definition) is 4. The maximum atomic E-state index is 13.1. The highest BCUT2D eigenvalue weighted by molar-refractivity contribution is 5.88. The smallest absolute Gasteiger partial charge is 0.295 e. The molecule has 1 atom stereocenters. The third kappa shape index (κ3) is 4.51. The molecule has 9 nitrogen and oxygen atoms in total. The lowest BCUT2D eigenvalue weighted by Crippen LogP contribution is -2.46. The molecule has 2 aromatic heterocycles. The van der Waals surface area contributed by atoms with Gasteiger partial charge in [-0.3, -0.25) is 15.4 Å². The Morgan fingerprint density at radius 3 is 2.69 bits per heavy atom. The molecule has 1 aliphatic rings. The van der Waals surface area contributed by atoms with E-state index in [9.17, 15) is 8.78 Å². The standard InChI is InChI=1S/C18H24F2N8O/c1-17(2,22)9-28-8-10(6-25-28)11-7-24-13(4-12(11)29-3)18(23)5-14(21)26-16(27-18)15(19)20/h4-8,15H,9,21-23H2,1-3H3,(H,26,27). The second-order valence-corrected chi connectivity index (χ2v) is 7.53. The van der Waals surface area contributed by atoms with E-state index in [0.717, 1.165) is 5.56 Å². The van der Waals surface area contributed by atoms with Crippen molar-refractivity contribution < 1.29 is 13.5 Å². The Morgan fingerprint density at radius 1 is 1.34 bits per heavy atom. The Morgan fingerprint density at radius 2 is 2.07 bits per heavy atom. The van der Waals surface area contributed by atoms with Crippen LogP contribution in [-0.4, -0.2) is 39.7 Å². The fraction of sp³-hybridized carbons (Fsp3) is 0.389. The van der Waals surface area contributed by atoms with Gasteiger partial charge in [-0.1, -0.05) is 0 Å². The van der Waals surface area contributed by atoms with Crippen LogP contribution in [0.25, 0.3) is 11.1 Å². The molecule has 0 amide bonds. The highest BCUT2D eigenvalue weighted by Crippen LogP contribution is 2.33. The topological polar surface area (TPSA) is 142 Å². The normalized spacial score (nSPS) is 19.6. The first-order valence-corrected chi connectivity index (χ1v) is 8.79. The first-order chi connectivity index (χ1) is 13.5. The molecule has 1 unspecified atom stereocenters. The molecule has 7 N–H and O–H groups in total. The fourth-order valence-electron chi connectivity index (χ4n) is 2.96. The second-order valence-electron chi connectivity index (χ2n) is 7.53. The average molecular weight is 406 g/mol. The molecule has 11 heteroatoms. The van der Waals surface area contributed by atoms with Gasteiger partial charge in [0, 0.05) is 41.2 Å². The summed E-state index contributed by atoms with van der Waals surface area (Å²) in [6, 6.07) is 1.54. The summed E-state index contributed by atoms with van der Waals surface area (Å²) in [4.78, 5) is 8.21. The first kappa shape index (κ1) is 20.7. The number of aliphatic imine (C=N–C) groups is 1. The molecule has 0 saturated heterocycles. The number of methoxy groups -OCH3 is 1. The third-order valence-electron chi connectivity index (χ3n) is 4.17. The number of pyridine rings is 1. The third-order valence-corrected chi connectivity index (χ3v) is 4.17. The van der Waals surface area contributed by atoms with Crippen molar-refractivity contribution in [3.05, 3.63) is 42.2 Å². The number of aromatic nitrogens is 3. The van der Waals surface area contributed by atoms with Gasteiger partial charge in [-0.15, -0.1) is 0 Å². The van der Waals surface area contributed by atoms with Crippen LogP contribution < -0.4 is 27.3 Å². The maximum Gasteiger partial charge on any atom is 0.295 e. The molecule has 1 aliphatic heterocycles. The Labute approximate surface area is 166 Å². The molecular weight excluding hydrogens is 382 g/mol. The summed E-state index contributed by atoms with van der Waals surface area (Å²) in [5, 5.41) is 6.61. The fourth-order valence-corrected chi connectivity index (χ4v) is 2.96. The molecular formula is C18H24F2N8O. The molecule has 2 aromatic rings. The lowest BCUT2D eigenvalue weighted by atomic mass is 10.0. The number of halogens is 2. The SMILES string of the molecule is COc1cc(C2(N)C=C(N)NC(C(F)F)=N2)ncc1-c1cnn(CC(C)(C)N)c1. The van der Waals surface area contributed by atoms with E-state index in [-0.39, 0.29) is 11.5 Å². The van der Waals surface area contributed by atoms with E-state index >= 15 is 0 Å². The first-order valence-electron chi connectivity index (χ1n) is 8.79. The van der Waals surface area contributed by atoms with Crippen LogP contribution in [0.4, 0.5) is 8.78 Å². The van der Waals surface area contributed by atoms with Crippen molar-refractivity contribution in [1.82, 2.24) is 20.1 Å². The molecule has 0 bridgehead atoms. The number of ether oxygens (including phenoxy) is 1. The Hall–Kier alpha value is -3.05. The average Bonchev–Trinajstić information content (AvgIpc) is 3.06. The van der Waals surface area contributed by atoms with E-state index in [1.165, 1.54) is 19.4 Å². The van der Waals surface area contributed by atoms with Crippen LogP contribution in [0.15, 0.2) is 41.5 Å². The summed E-state index contributed by atoms with van der Waals surface area (Å²) in [6.07, 6.45) is 3.48. The molecule has 3 rings (SSSR count). The van der Waals surface area contributed by atoms with Gasteiger partial charge in [0.1, 0.15) is 11.6 Å². The highest BCUT2D eigenvalue weighted by atomic mass is 19.3. The quantitative estimate of drug-likeness (QED) is 0.557. The number of alkyl halides is 2.